The van der Waals surface area contributed by atoms with Crippen LogP contribution in [0.2, 0.25) is 0 Å². The van der Waals surface area contributed by atoms with Gasteiger partial charge in [0.1, 0.15) is 11.6 Å². The topological polar surface area (TPSA) is 64.9 Å². The number of para-hydroxylation sites is 1. The van der Waals surface area contributed by atoms with E-state index in [1.807, 2.05) is 31.2 Å². The van der Waals surface area contributed by atoms with Crippen molar-refractivity contribution in [2.24, 2.45) is 0 Å². The molecular formula is C24H29N3O. The summed E-state index contributed by atoms with van der Waals surface area (Å²) in [6, 6.07) is 16.4. The van der Waals surface area contributed by atoms with Gasteiger partial charge in [-0.1, -0.05) is 63.2 Å². The molecule has 0 fully saturated rings. The Balaban J connectivity index is 2.14. The Morgan fingerprint density at radius 3 is 2.14 bits per heavy atom. The molecule has 0 saturated carbocycles. The molecular weight excluding hydrogens is 346 g/mol. The molecule has 1 unspecified atom stereocenters. The number of aryl methyl sites for hydroxylation is 3. The molecule has 146 valence electrons. The van der Waals surface area contributed by atoms with Gasteiger partial charge in [0.05, 0.1) is 0 Å². The lowest BCUT2D eigenvalue weighted by molar-refractivity contribution is -0.112. The van der Waals surface area contributed by atoms with Crippen LogP contribution in [0, 0.1) is 11.3 Å². The number of nitrogens with one attached hydrogen (secondary N) is 2. The zero-order valence-corrected chi connectivity index (χ0v) is 17.2. The molecule has 0 aromatic heterocycles. The third-order valence-corrected chi connectivity index (χ3v) is 4.97. The fraction of sp³-hybridized carbons (Fsp3) is 0.333. The van der Waals surface area contributed by atoms with E-state index in [1.165, 1.54) is 11.8 Å². The van der Waals surface area contributed by atoms with Crippen molar-refractivity contribution >= 4 is 11.6 Å². The lowest BCUT2D eigenvalue weighted by Gasteiger charge is -2.15. The molecule has 0 aliphatic heterocycles. The molecule has 0 radical (unpaired) electrons. The summed E-state index contributed by atoms with van der Waals surface area (Å²) in [5, 5.41) is 15.6. The van der Waals surface area contributed by atoms with E-state index < -0.39 is 0 Å². The maximum absolute atomic E-state index is 12.7. The van der Waals surface area contributed by atoms with Crippen LogP contribution in [0.1, 0.15) is 56.0 Å². The van der Waals surface area contributed by atoms with Crippen molar-refractivity contribution in [2.75, 3.05) is 5.32 Å². The Morgan fingerprint density at radius 2 is 1.64 bits per heavy atom. The molecule has 28 heavy (non-hydrogen) atoms. The van der Waals surface area contributed by atoms with Crippen LogP contribution in [0.25, 0.3) is 0 Å². The summed E-state index contributed by atoms with van der Waals surface area (Å²) < 4.78 is 0. The highest BCUT2D eigenvalue weighted by molar-refractivity contribution is 6.07. The predicted octanol–water partition coefficient (Wildman–Crippen LogP) is 5.07. The van der Waals surface area contributed by atoms with Gasteiger partial charge in [0.25, 0.3) is 5.91 Å². The Hall–Kier alpha value is -3.06. The van der Waals surface area contributed by atoms with Crippen LogP contribution in [0.15, 0.2) is 54.2 Å². The Kier molecular flexibility index (Phi) is 7.83. The number of carbonyl (C=O) groups excluding carboxylic acids is 1. The second-order valence-electron chi connectivity index (χ2n) is 6.77. The summed E-state index contributed by atoms with van der Waals surface area (Å²) in [5.74, 6) is -0.390. The molecule has 2 aromatic rings. The van der Waals surface area contributed by atoms with E-state index in [4.69, 9.17) is 0 Å². The molecule has 2 aromatic carbocycles. The molecule has 0 bridgehead atoms. The smallest absolute Gasteiger partial charge is 0.267 e. The van der Waals surface area contributed by atoms with Crippen LogP contribution < -0.4 is 10.6 Å². The number of hydrogen-bond acceptors (Lipinski definition) is 3. The van der Waals surface area contributed by atoms with Crippen LogP contribution in [0.3, 0.4) is 0 Å². The maximum Gasteiger partial charge on any atom is 0.267 e. The van der Waals surface area contributed by atoms with Gasteiger partial charge in [0.15, 0.2) is 0 Å². The molecule has 0 aliphatic carbocycles. The molecule has 0 saturated heterocycles. The van der Waals surface area contributed by atoms with Crippen molar-refractivity contribution in [1.82, 2.24) is 5.32 Å². The number of carbonyl (C=O) groups is 1. The SMILES string of the molecule is CCc1ccc(C(C)N/C=C(/C#N)C(=O)Nc2c(CC)cccc2CC)cc1. The third kappa shape index (κ3) is 5.23. The molecule has 0 heterocycles. The normalized spacial score (nSPS) is 12.2. The van der Waals surface area contributed by atoms with Gasteiger partial charge in [0, 0.05) is 17.9 Å². The van der Waals surface area contributed by atoms with Gasteiger partial charge >= 0.3 is 0 Å². The van der Waals surface area contributed by atoms with Crippen LogP contribution in [-0.2, 0) is 24.1 Å². The van der Waals surface area contributed by atoms with Gasteiger partial charge in [0.2, 0.25) is 0 Å². The quantitative estimate of drug-likeness (QED) is 0.500. The van der Waals surface area contributed by atoms with Gasteiger partial charge in [-0.05, 0) is 48.4 Å². The first-order valence-electron chi connectivity index (χ1n) is 9.91. The molecule has 0 aliphatic rings. The minimum absolute atomic E-state index is 0.00353. The lowest BCUT2D eigenvalue weighted by Crippen LogP contribution is -2.20. The summed E-state index contributed by atoms with van der Waals surface area (Å²) in [6.45, 7) is 8.24. The fourth-order valence-corrected chi connectivity index (χ4v) is 3.08. The first-order valence-corrected chi connectivity index (χ1v) is 9.91. The van der Waals surface area contributed by atoms with Gasteiger partial charge in [-0.15, -0.1) is 0 Å². The summed E-state index contributed by atoms with van der Waals surface area (Å²) >= 11 is 0. The zero-order chi connectivity index (χ0) is 20.5. The average molecular weight is 376 g/mol. The van der Waals surface area contributed by atoms with Gasteiger partial charge in [-0.3, -0.25) is 4.79 Å². The largest absolute Gasteiger partial charge is 0.383 e. The van der Waals surface area contributed by atoms with E-state index in [0.29, 0.717) is 0 Å². The van der Waals surface area contributed by atoms with Crippen LogP contribution >= 0.6 is 0 Å². The average Bonchev–Trinajstić information content (AvgIpc) is 2.74. The van der Waals surface area contributed by atoms with Crippen LogP contribution in [0.4, 0.5) is 5.69 Å². The minimum atomic E-state index is -0.390. The summed E-state index contributed by atoms with van der Waals surface area (Å²) in [4.78, 5) is 12.7. The zero-order valence-electron chi connectivity index (χ0n) is 17.2. The van der Waals surface area contributed by atoms with Crippen molar-refractivity contribution in [3.8, 4) is 6.07 Å². The minimum Gasteiger partial charge on any atom is -0.383 e. The van der Waals surface area contributed by atoms with E-state index in [0.717, 1.165) is 41.6 Å². The lowest BCUT2D eigenvalue weighted by atomic mass is 10.0. The van der Waals surface area contributed by atoms with E-state index in [9.17, 15) is 10.1 Å². The maximum atomic E-state index is 12.7. The van der Waals surface area contributed by atoms with Gasteiger partial charge in [-0.25, -0.2) is 0 Å². The summed E-state index contributed by atoms with van der Waals surface area (Å²) in [6.07, 6.45) is 4.14. The van der Waals surface area contributed by atoms with Crippen LogP contribution in [0.5, 0.6) is 0 Å². The Morgan fingerprint density at radius 1 is 1.04 bits per heavy atom. The highest BCUT2D eigenvalue weighted by atomic mass is 16.1. The van der Waals surface area contributed by atoms with Crippen molar-refractivity contribution < 1.29 is 4.79 Å². The molecule has 4 nitrogen and oxygen atoms in total. The van der Waals surface area contributed by atoms with Crippen molar-refractivity contribution in [3.05, 3.63) is 76.5 Å². The highest BCUT2D eigenvalue weighted by Crippen LogP contribution is 2.23. The summed E-state index contributed by atoms with van der Waals surface area (Å²) in [5.41, 5.74) is 5.41. The predicted molar refractivity (Wildman–Crippen MR) is 115 cm³/mol. The third-order valence-electron chi connectivity index (χ3n) is 4.97. The summed E-state index contributed by atoms with van der Waals surface area (Å²) in [7, 11) is 0. The second-order valence-corrected chi connectivity index (χ2v) is 6.77. The van der Waals surface area contributed by atoms with E-state index in [2.05, 4.69) is 55.7 Å². The Bertz CT molecular complexity index is 853. The van der Waals surface area contributed by atoms with Crippen molar-refractivity contribution in [1.29, 1.82) is 5.26 Å². The van der Waals surface area contributed by atoms with E-state index in [-0.39, 0.29) is 17.5 Å². The first-order chi connectivity index (χ1) is 13.5. The van der Waals surface area contributed by atoms with Gasteiger partial charge < -0.3 is 10.6 Å². The number of hydrogen-bond donors (Lipinski definition) is 2. The number of rotatable bonds is 8. The van der Waals surface area contributed by atoms with Crippen molar-refractivity contribution in [3.63, 3.8) is 0 Å². The number of nitriles is 1. The molecule has 2 rings (SSSR count). The molecule has 1 amide bonds. The van der Waals surface area contributed by atoms with E-state index in [1.54, 1.807) is 0 Å². The van der Waals surface area contributed by atoms with Gasteiger partial charge in [-0.2, -0.15) is 5.26 Å². The molecule has 0 spiro atoms. The fourth-order valence-electron chi connectivity index (χ4n) is 3.08. The molecule has 1 atom stereocenters. The number of amides is 1. The standard InChI is InChI=1S/C24H29N3O/c1-5-18-11-13-21(14-12-18)17(4)26-16-22(15-25)24(28)27-23-19(6-2)9-8-10-20(23)7-3/h8-14,16-17,26H,5-7H2,1-4H3,(H,27,28)/b22-16-. The number of benzene rings is 2. The number of anilines is 1. The molecule has 2 N–H and O–H groups in total. The monoisotopic (exact) mass is 375 g/mol. The highest BCUT2D eigenvalue weighted by Gasteiger charge is 2.14. The second kappa shape index (κ2) is 10.3. The van der Waals surface area contributed by atoms with E-state index >= 15 is 0 Å². The van der Waals surface area contributed by atoms with Crippen LogP contribution in [-0.4, -0.2) is 5.91 Å². The van der Waals surface area contributed by atoms with Crippen molar-refractivity contribution in [2.45, 2.75) is 53.0 Å². The molecule has 4 heteroatoms. The Labute approximate surface area is 168 Å². The first kappa shape index (κ1) is 21.2. The number of nitrogens with zero attached hydrogens (tertiary/aromatic N) is 1.